The summed E-state index contributed by atoms with van der Waals surface area (Å²) < 4.78 is 0. The van der Waals surface area contributed by atoms with Gasteiger partial charge in [-0.3, -0.25) is 25.0 Å². The fourth-order valence-corrected chi connectivity index (χ4v) is 2.44. The Morgan fingerprint density at radius 2 is 1.93 bits per heavy atom. The Morgan fingerprint density at radius 1 is 1.19 bits per heavy atom. The van der Waals surface area contributed by atoms with Gasteiger partial charge in [0.1, 0.15) is 0 Å². The number of amides is 1. The number of carbonyl (C=O) groups is 1. The summed E-state index contributed by atoms with van der Waals surface area (Å²) in [6, 6.07) is 8.67. The first-order valence-corrected chi connectivity index (χ1v) is 7.44. The molecule has 0 saturated carbocycles. The Bertz CT molecular complexity index is 1100. The lowest BCUT2D eigenvalue weighted by Gasteiger charge is -2.04. The summed E-state index contributed by atoms with van der Waals surface area (Å²) in [6.07, 6.45) is 3.00. The molecule has 11 nitrogen and oxygen atoms in total. The monoisotopic (exact) mass is 369 g/mol. The number of benzene rings is 2. The molecule has 0 spiro atoms. The zero-order valence-electron chi connectivity index (χ0n) is 13.4. The second-order valence-corrected chi connectivity index (χ2v) is 5.36. The third-order valence-electron chi connectivity index (χ3n) is 3.72. The largest absolute Gasteiger partial charge is 0.502 e. The van der Waals surface area contributed by atoms with E-state index in [1.54, 1.807) is 6.20 Å². The van der Waals surface area contributed by atoms with Crippen LogP contribution >= 0.6 is 0 Å². The third-order valence-corrected chi connectivity index (χ3v) is 3.72. The molecule has 0 aliphatic carbocycles. The van der Waals surface area contributed by atoms with Crippen LogP contribution in [0.15, 0.2) is 47.7 Å². The maximum Gasteiger partial charge on any atom is 0.318 e. The molecule has 27 heavy (non-hydrogen) atoms. The summed E-state index contributed by atoms with van der Waals surface area (Å²) in [7, 11) is 0. The van der Waals surface area contributed by atoms with Crippen LogP contribution in [0.1, 0.15) is 15.9 Å². The molecule has 1 amide bonds. The van der Waals surface area contributed by atoms with E-state index >= 15 is 0 Å². The minimum absolute atomic E-state index is 0.571. The van der Waals surface area contributed by atoms with Gasteiger partial charge < -0.3 is 10.1 Å². The van der Waals surface area contributed by atoms with Crippen molar-refractivity contribution in [3.63, 3.8) is 0 Å². The summed E-state index contributed by atoms with van der Waals surface area (Å²) in [4.78, 5) is 35.1. The number of rotatable bonds is 5. The lowest BCUT2D eigenvalue weighted by molar-refractivity contribution is -0.394. The van der Waals surface area contributed by atoms with Crippen molar-refractivity contribution in [3.05, 3.63) is 74.0 Å². The summed E-state index contributed by atoms with van der Waals surface area (Å²) in [5.74, 6) is -2.01. The quantitative estimate of drug-likeness (QED) is 0.355. The van der Waals surface area contributed by atoms with Crippen LogP contribution in [0.4, 0.5) is 11.4 Å². The molecule has 0 saturated heterocycles. The van der Waals surface area contributed by atoms with E-state index in [0.717, 1.165) is 17.0 Å². The number of aromatic amines is 1. The van der Waals surface area contributed by atoms with Gasteiger partial charge in [-0.05, 0) is 6.07 Å². The highest BCUT2D eigenvalue weighted by molar-refractivity contribution is 6.01. The number of hydrazone groups is 1. The maximum absolute atomic E-state index is 12.2. The SMILES string of the molecule is O=C(N/N=C/c1c[nH]c2ccccc12)c1cc([N+](=O)[O-])cc([N+](=O)[O-])c1O. The van der Waals surface area contributed by atoms with Crippen LogP contribution in [0.2, 0.25) is 0 Å². The van der Waals surface area contributed by atoms with E-state index in [-0.39, 0.29) is 0 Å². The fourth-order valence-electron chi connectivity index (χ4n) is 2.44. The summed E-state index contributed by atoms with van der Waals surface area (Å²) in [6.45, 7) is 0. The van der Waals surface area contributed by atoms with Crippen LogP contribution in [0.5, 0.6) is 5.75 Å². The van der Waals surface area contributed by atoms with Gasteiger partial charge in [0, 0.05) is 28.7 Å². The lowest BCUT2D eigenvalue weighted by atomic mass is 10.1. The number of para-hydroxylation sites is 1. The number of hydrogen-bond donors (Lipinski definition) is 3. The van der Waals surface area contributed by atoms with E-state index in [0.29, 0.717) is 11.6 Å². The number of aromatic hydroxyl groups is 1. The second-order valence-electron chi connectivity index (χ2n) is 5.36. The van der Waals surface area contributed by atoms with Gasteiger partial charge in [0.05, 0.1) is 27.7 Å². The van der Waals surface area contributed by atoms with Crippen molar-refractivity contribution in [1.29, 1.82) is 0 Å². The molecular formula is C16H11N5O6. The Kier molecular flexibility index (Phi) is 4.49. The molecule has 1 aromatic heterocycles. The molecule has 3 N–H and O–H groups in total. The number of carbonyl (C=O) groups excluding carboxylic acids is 1. The van der Waals surface area contributed by atoms with Crippen molar-refractivity contribution in [3.8, 4) is 5.75 Å². The zero-order valence-corrected chi connectivity index (χ0v) is 13.4. The molecule has 0 aliphatic rings. The topological polar surface area (TPSA) is 164 Å². The molecule has 0 radical (unpaired) electrons. The average molecular weight is 369 g/mol. The standard InChI is InChI=1S/C16H11N5O6/c22-15-12(5-10(20(24)25)6-14(15)21(26)27)16(23)19-18-8-9-7-17-13-4-2-1-3-11(9)13/h1-8,17,22H,(H,19,23)/b18-8+. The normalized spacial score (nSPS) is 11.0. The van der Waals surface area contributed by atoms with Crippen molar-refractivity contribution in [2.75, 3.05) is 0 Å². The first-order chi connectivity index (χ1) is 12.9. The number of non-ortho nitro benzene ring substituents is 1. The molecule has 1 heterocycles. The first-order valence-electron chi connectivity index (χ1n) is 7.44. The first kappa shape index (κ1) is 17.5. The van der Waals surface area contributed by atoms with Crippen molar-refractivity contribution >= 4 is 34.4 Å². The number of nitro benzene ring substituents is 2. The highest BCUT2D eigenvalue weighted by atomic mass is 16.6. The van der Waals surface area contributed by atoms with Gasteiger partial charge >= 0.3 is 5.69 Å². The minimum atomic E-state index is -1.03. The number of phenols is 1. The minimum Gasteiger partial charge on any atom is -0.502 e. The highest BCUT2D eigenvalue weighted by Crippen LogP contribution is 2.34. The van der Waals surface area contributed by atoms with Gasteiger partial charge in [0.15, 0.2) is 0 Å². The van der Waals surface area contributed by atoms with Crippen molar-refractivity contribution in [2.24, 2.45) is 5.10 Å². The molecule has 3 aromatic rings. The molecule has 0 unspecified atom stereocenters. The number of phenolic OH excluding ortho intramolecular Hbond substituents is 1. The number of nitro groups is 2. The van der Waals surface area contributed by atoms with Gasteiger partial charge in [-0.1, -0.05) is 18.2 Å². The van der Waals surface area contributed by atoms with Gasteiger partial charge in [-0.25, -0.2) is 5.43 Å². The molecule has 2 aromatic carbocycles. The Morgan fingerprint density at radius 3 is 2.63 bits per heavy atom. The molecule has 3 rings (SSSR count). The van der Waals surface area contributed by atoms with E-state index < -0.39 is 38.4 Å². The summed E-state index contributed by atoms with van der Waals surface area (Å²) in [5.41, 5.74) is 1.33. The molecule has 0 fully saturated rings. The van der Waals surface area contributed by atoms with Gasteiger partial charge in [0.25, 0.3) is 11.6 Å². The van der Waals surface area contributed by atoms with Crippen LogP contribution in [-0.2, 0) is 0 Å². The summed E-state index contributed by atoms with van der Waals surface area (Å²) in [5, 5.41) is 36.3. The van der Waals surface area contributed by atoms with Crippen molar-refractivity contribution in [2.45, 2.75) is 0 Å². The zero-order chi connectivity index (χ0) is 19.6. The van der Waals surface area contributed by atoms with E-state index in [2.05, 4.69) is 15.5 Å². The van der Waals surface area contributed by atoms with Crippen LogP contribution in [0, 0.1) is 20.2 Å². The van der Waals surface area contributed by atoms with Crippen LogP contribution in [0.3, 0.4) is 0 Å². The summed E-state index contributed by atoms with van der Waals surface area (Å²) >= 11 is 0. The van der Waals surface area contributed by atoms with Gasteiger partial charge in [0.2, 0.25) is 5.75 Å². The number of hydrogen-bond acceptors (Lipinski definition) is 7. The van der Waals surface area contributed by atoms with E-state index in [1.165, 1.54) is 6.21 Å². The molecule has 11 heteroatoms. The van der Waals surface area contributed by atoms with Crippen molar-refractivity contribution < 1.29 is 19.7 Å². The van der Waals surface area contributed by atoms with E-state index in [9.17, 15) is 30.1 Å². The number of aromatic nitrogens is 1. The Hall–Kier alpha value is -4.28. The van der Waals surface area contributed by atoms with Gasteiger partial charge in [-0.2, -0.15) is 5.10 Å². The highest BCUT2D eigenvalue weighted by Gasteiger charge is 2.27. The predicted molar refractivity (Wildman–Crippen MR) is 94.8 cm³/mol. The number of fused-ring (bicyclic) bond motifs is 1. The molecule has 136 valence electrons. The molecule has 0 bridgehead atoms. The smallest absolute Gasteiger partial charge is 0.318 e. The molecular weight excluding hydrogens is 358 g/mol. The molecule has 0 aliphatic heterocycles. The average Bonchev–Trinajstić information content (AvgIpc) is 3.04. The maximum atomic E-state index is 12.2. The van der Waals surface area contributed by atoms with Crippen LogP contribution < -0.4 is 5.43 Å². The number of nitrogens with zero attached hydrogens (tertiary/aromatic N) is 3. The van der Waals surface area contributed by atoms with E-state index in [4.69, 9.17) is 0 Å². The number of nitrogens with one attached hydrogen (secondary N) is 2. The fraction of sp³-hybridized carbons (Fsp3) is 0. The third kappa shape index (κ3) is 3.42. The van der Waals surface area contributed by atoms with Crippen LogP contribution in [0.25, 0.3) is 10.9 Å². The van der Waals surface area contributed by atoms with Crippen LogP contribution in [-0.4, -0.2) is 32.1 Å². The second kappa shape index (κ2) is 6.92. The lowest BCUT2D eigenvalue weighted by Crippen LogP contribution is -2.18. The number of H-pyrrole nitrogens is 1. The Labute approximate surface area is 150 Å². The van der Waals surface area contributed by atoms with E-state index in [1.807, 2.05) is 24.3 Å². The Balaban J connectivity index is 1.87. The predicted octanol–water partition coefficient (Wildman–Crippen LogP) is 2.45. The van der Waals surface area contributed by atoms with Gasteiger partial charge in [-0.15, -0.1) is 0 Å². The van der Waals surface area contributed by atoms with Crippen molar-refractivity contribution in [1.82, 2.24) is 10.4 Å². The molecule has 0 atom stereocenters.